The van der Waals surface area contributed by atoms with Crippen molar-refractivity contribution in [1.82, 2.24) is 9.80 Å². The van der Waals surface area contributed by atoms with Crippen LogP contribution in [0.15, 0.2) is 54.6 Å². The van der Waals surface area contributed by atoms with Gasteiger partial charge in [-0.3, -0.25) is 9.80 Å². The van der Waals surface area contributed by atoms with Crippen LogP contribution in [0.5, 0.6) is 0 Å². The molecule has 0 spiro atoms. The Morgan fingerprint density at radius 3 is 1.88 bits per heavy atom. The van der Waals surface area contributed by atoms with Gasteiger partial charge < -0.3 is 5.11 Å². The summed E-state index contributed by atoms with van der Waals surface area (Å²) in [5, 5.41) is 8.76. The predicted molar refractivity (Wildman–Crippen MR) is 102 cm³/mol. The van der Waals surface area contributed by atoms with Gasteiger partial charge in [-0.2, -0.15) is 0 Å². The normalized spacial score (nSPS) is 15.6. The van der Waals surface area contributed by atoms with Gasteiger partial charge in [0.15, 0.2) is 0 Å². The minimum absolute atomic E-state index is 0.126. The zero-order valence-electron chi connectivity index (χ0n) is 14.7. The maximum absolute atomic E-state index is 8.76. The van der Waals surface area contributed by atoms with Crippen molar-refractivity contribution in [2.24, 2.45) is 0 Å². The minimum atomic E-state index is 0.126. The van der Waals surface area contributed by atoms with E-state index in [9.17, 15) is 0 Å². The highest BCUT2D eigenvalue weighted by molar-refractivity contribution is 5.36. The summed E-state index contributed by atoms with van der Waals surface area (Å²) in [5.41, 5.74) is 3.75. The fourth-order valence-corrected chi connectivity index (χ4v) is 3.12. The lowest BCUT2D eigenvalue weighted by Gasteiger charge is -2.34. The second-order valence-electron chi connectivity index (χ2n) is 6.51. The van der Waals surface area contributed by atoms with E-state index in [1.165, 1.54) is 11.1 Å². The number of hydrogen-bond donors (Lipinski definition) is 1. The Balaban J connectivity index is 1.45. The fraction of sp³-hybridized carbons (Fsp3) is 0.364. The summed E-state index contributed by atoms with van der Waals surface area (Å²) in [4.78, 5) is 5.06. The third kappa shape index (κ3) is 5.72. The van der Waals surface area contributed by atoms with Crippen molar-refractivity contribution in [3.05, 3.63) is 71.3 Å². The van der Waals surface area contributed by atoms with Crippen LogP contribution >= 0.6 is 0 Å². The molecule has 2 aromatic carbocycles. The molecule has 1 aliphatic heterocycles. The molecule has 1 saturated heterocycles. The molecule has 1 aliphatic rings. The van der Waals surface area contributed by atoms with E-state index in [4.69, 9.17) is 5.11 Å². The van der Waals surface area contributed by atoms with Crippen molar-refractivity contribution in [2.75, 3.05) is 32.8 Å². The first-order valence-corrected chi connectivity index (χ1v) is 9.01. The Labute approximate surface area is 150 Å². The van der Waals surface area contributed by atoms with Crippen LogP contribution in [0.4, 0.5) is 0 Å². The Kier molecular flexibility index (Phi) is 6.64. The van der Waals surface area contributed by atoms with Crippen LogP contribution in [0.3, 0.4) is 0 Å². The Morgan fingerprint density at radius 1 is 0.760 bits per heavy atom. The van der Waals surface area contributed by atoms with Crippen LogP contribution in [0, 0.1) is 11.8 Å². The van der Waals surface area contributed by atoms with Crippen molar-refractivity contribution >= 4 is 0 Å². The van der Waals surface area contributed by atoms with Crippen LogP contribution in [-0.4, -0.2) is 47.7 Å². The van der Waals surface area contributed by atoms with Gasteiger partial charge in [0.1, 0.15) is 0 Å². The second kappa shape index (κ2) is 9.39. The topological polar surface area (TPSA) is 26.7 Å². The average Bonchev–Trinajstić information content (AvgIpc) is 2.66. The summed E-state index contributed by atoms with van der Waals surface area (Å²) < 4.78 is 0. The molecule has 1 fully saturated rings. The summed E-state index contributed by atoms with van der Waals surface area (Å²) in [6.07, 6.45) is 0.537. The lowest BCUT2D eigenvalue weighted by atomic mass is 10.1. The molecule has 1 heterocycles. The van der Waals surface area contributed by atoms with Crippen LogP contribution in [0.2, 0.25) is 0 Å². The lowest BCUT2D eigenvalue weighted by molar-refractivity contribution is 0.122. The third-order valence-corrected chi connectivity index (χ3v) is 4.54. The van der Waals surface area contributed by atoms with Gasteiger partial charge in [0.2, 0.25) is 0 Å². The van der Waals surface area contributed by atoms with Crippen LogP contribution in [0.25, 0.3) is 0 Å². The molecule has 0 unspecified atom stereocenters. The molecular weight excluding hydrogens is 308 g/mol. The molecule has 0 radical (unpaired) electrons. The van der Waals surface area contributed by atoms with E-state index in [1.807, 2.05) is 0 Å². The molecule has 0 amide bonds. The molecule has 130 valence electrons. The number of benzene rings is 2. The molecule has 0 bridgehead atoms. The van der Waals surface area contributed by atoms with Gasteiger partial charge in [-0.25, -0.2) is 0 Å². The summed E-state index contributed by atoms with van der Waals surface area (Å²) >= 11 is 0. The second-order valence-corrected chi connectivity index (χ2v) is 6.51. The minimum Gasteiger partial charge on any atom is -0.395 e. The van der Waals surface area contributed by atoms with E-state index in [-0.39, 0.29) is 6.61 Å². The van der Waals surface area contributed by atoms with Gasteiger partial charge in [-0.1, -0.05) is 54.3 Å². The number of aliphatic hydroxyl groups is 1. The lowest BCUT2D eigenvalue weighted by Crippen LogP contribution is -2.45. The zero-order chi connectivity index (χ0) is 17.3. The number of nitrogens with zero attached hydrogens (tertiary/aromatic N) is 2. The van der Waals surface area contributed by atoms with Crippen LogP contribution < -0.4 is 0 Å². The van der Waals surface area contributed by atoms with E-state index in [2.05, 4.69) is 76.2 Å². The fourth-order valence-electron chi connectivity index (χ4n) is 3.12. The van der Waals surface area contributed by atoms with E-state index in [0.29, 0.717) is 6.42 Å². The molecule has 0 aromatic heterocycles. The monoisotopic (exact) mass is 334 g/mol. The molecule has 1 N–H and O–H groups in total. The number of aliphatic hydroxyl groups excluding tert-OH is 1. The Morgan fingerprint density at radius 2 is 1.32 bits per heavy atom. The average molecular weight is 334 g/mol. The number of hydrogen-bond acceptors (Lipinski definition) is 3. The van der Waals surface area contributed by atoms with E-state index in [0.717, 1.165) is 44.8 Å². The Bertz CT molecular complexity index is 692. The van der Waals surface area contributed by atoms with Crippen molar-refractivity contribution in [2.45, 2.75) is 19.5 Å². The predicted octanol–water partition coefficient (Wildman–Crippen LogP) is 2.74. The molecule has 0 aliphatic carbocycles. The Hall–Kier alpha value is -2.12. The quantitative estimate of drug-likeness (QED) is 0.852. The number of rotatable bonds is 5. The molecule has 25 heavy (non-hydrogen) atoms. The van der Waals surface area contributed by atoms with E-state index in [1.54, 1.807) is 0 Å². The highest BCUT2D eigenvalue weighted by atomic mass is 16.2. The van der Waals surface area contributed by atoms with Crippen LogP contribution in [-0.2, 0) is 13.1 Å². The van der Waals surface area contributed by atoms with Gasteiger partial charge >= 0.3 is 0 Å². The summed E-state index contributed by atoms with van der Waals surface area (Å²) in [5.74, 6) is 6.04. The van der Waals surface area contributed by atoms with Gasteiger partial charge in [0, 0.05) is 51.3 Å². The van der Waals surface area contributed by atoms with Crippen LogP contribution in [0.1, 0.15) is 23.1 Å². The molecule has 0 saturated carbocycles. The third-order valence-electron chi connectivity index (χ3n) is 4.54. The maximum atomic E-state index is 8.76. The molecule has 3 nitrogen and oxygen atoms in total. The van der Waals surface area contributed by atoms with Gasteiger partial charge in [0.05, 0.1) is 6.61 Å². The first kappa shape index (κ1) is 17.7. The molecular formula is C22H26N2O. The van der Waals surface area contributed by atoms with Gasteiger partial charge in [0.25, 0.3) is 0 Å². The summed E-state index contributed by atoms with van der Waals surface area (Å²) in [7, 11) is 0. The highest BCUT2D eigenvalue weighted by Gasteiger charge is 2.16. The summed E-state index contributed by atoms with van der Waals surface area (Å²) in [6.45, 7) is 6.66. The van der Waals surface area contributed by atoms with E-state index < -0.39 is 0 Å². The molecule has 3 heteroatoms. The van der Waals surface area contributed by atoms with Gasteiger partial charge in [-0.15, -0.1) is 0 Å². The van der Waals surface area contributed by atoms with Crippen molar-refractivity contribution in [1.29, 1.82) is 0 Å². The number of piperazine rings is 1. The largest absolute Gasteiger partial charge is 0.395 e. The maximum Gasteiger partial charge on any atom is 0.0540 e. The van der Waals surface area contributed by atoms with Crippen molar-refractivity contribution in [3.8, 4) is 11.8 Å². The zero-order valence-corrected chi connectivity index (χ0v) is 14.7. The van der Waals surface area contributed by atoms with Crippen molar-refractivity contribution < 1.29 is 5.11 Å². The molecule has 2 aromatic rings. The van der Waals surface area contributed by atoms with Gasteiger partial charge in [-0.05, 0) is 23.3 Å². The first-order chi connectivity index (χ1) is 12.3. The standard InChI is InChI=1S/C22H26N2O/c25-17-5-4-6-20-9-11-22(12-10-20)19-24-15-13-23(14-16-24)18-21-7-2-1-3-8-21/h1-3,7-12,25H,5,13-19H2. The smallest absolute Gasteiger partial charge is 0.0540 e. The molecule has 0 atom stereocenters. The summed E-state index contributed by atoms with van der Waals surface area (Å²) in [6, 6.07) is 19.2. The highest BCUT2D eigenvalue weighted by Crippen LogP contribution is 2.12. The molecule has 3 rings (SSSR count). The first-order valence-electron chi connectivity index (χ1n) is 9.01. The van der Waals surface area contributed by atoms with E-state index >= 15 is 0 Å². The van der Waals surface area contributed by atoms with Crippen molar-refractivity contribution in [3.63, 3.8) is 0 Å². The SMILES string of the molecule is OCCC#Cc1ccc(CN2CCN(Cc3ccccc3)CC2)cc1.